The predicted molar refractivity (Wildman–Crippen MR) is 95.8 cm³/mol. The van der Waals surface area contributed by atoms with Gasteiger partial charge in [0.2, 0.25) is 5.91 Å². The molecule has 0 atom stereocenters. The van der Waals surface area contributed by atoms with Gasteiger partial charge in [-0.1, -0.05) is 62.4 Å². The Kier molecular flexibility index (Phi) is 6.86. The first kappa shape index (κ1) is 17.8. The molecule has 0 saturated carbocycles. The zero-order chi connectivity index (χ0) is 16.7. The number of carbonyl (C=O) groups excluding carboxylic acids is 2. The lowest BCUT2D eigenvalue weighted by molar-refractivity contribution is -0.121. The number of unbranched alkanes of at least 4 members (excludes halogenated alkanes) is 4. The van der Waals surface area contributed by atoms with E-state index in [9.17, 15) is 9.59 Å². The summed E-state index contributed by atoms with van der Waals surface area (Å²) in [5.41, 5.74) is 4.89. The third kappa shape index (κ3) is 4.94. The van der Waals surface area contributed by atoms with E-state index in [1.807, 2.05) is 24.3 Å². The molecule has 0 spiro atoms. The SMILES string of the molecule is CCCCCCCC(=O)NNC(=O)c1sc2ccccc2c1Cl. The molecule has 6 heteroatoms. The van der Waals surface area contributed by atoms with Crippen LogP contribution in [-0.4, -0.2) is 11.8 Å². The van der Waals surface area contributed by atoms with Crippen molar-refractivity contribution in [1.82, 2.24) is 10.9 Å². The van der Waals surface area contributed by atoms with Crippen LogP contribution in [0, 0.1) is 0 Å². The first-order chi connectivity index (χ1) is 11.1. The fraction of sp³-hybridized carbons (Fsp3) is 0.412. The number of fused-ring (bicyclic) bond motifs is 1. The molecule has 2 rings (SSSR count). The zero-order valence-electron chi connectivity index (χ0n) is 13.2. The number of rotatable bonds is 7. The molecule has 2 N–H and O–H groups in total. The van der Waals surface area contributed by atoms with Crippen LogP contribution in [0.4, 0.5) is 0 Å². The molecule has 0 aliphatic rings. The van der Waals surface area contributed by atoms with E-state index in [2.05, 4.69) is 17.8 Å². The second-order valence-corrected chi connectivity index (χ2v) is 6.84. The van der Waals surface area contributed by atoms with Crippen LogP contribution >= 0.6 is 22.9 Å². The number of hydrazine groups is 1. The van der Waals surface area contributed by atoms with E-state index in [1.165, 1.54) is 24.2 Å². The Morgan fingerprint density at radius 1 is 1.09 bits per heavy atom. The van der Waals surface area contributed by atoms with Crippen molar-refractivity contribution in [2.24, 2.45) is 0 Å². The predicted octanol–water partition coefficient (Wildman–Crippen LogP) is 4.68. The Bertz CT molecular complexity index is 684. The zero-order valence-corrected chi connectivity index (χ0v) is 14.7. The van der Waals surface area contributed by atoms with Crippen molar-refractivity contribution in [3.63, 3.8) is 0 Å². The standard InChI is InChI=1S/C17H21ClN2O2S/c1-2-3-4-5-6-11-14(21)19-20-17(22)16-15(18)12-9-7-8-10-13(12)23-16/h7-10H,2-6,11H2,1H3,(H,19,21)(H,20,22). The third-order valence-corrected chi connectivity index (χ3v) is 5.24. The van der Waals surface area contributed by atoms with E-state index in [0.717, 1.165) is 29.3 Å². The molecule has 2 aromatic rings. The highest BCUT2D eigenvalue weighted by Crippen LogP contribution is 2.34. The number of hydrogen-bond acceptors (Lipinski definition) is 3. The average molecular weight is 353 g/mol. The number of benzene rings is 1. The number of amides is 2. The summed E-state index contributed by atoms with van der Waals surface area (Å²) in [4.78, 5) is 24.3. The molecule has 0 fully saturated rings. The van der Waals surface area contributed by atoms with Crippen LogP contribution in [0.25, 0.3) is 10.1 Å². The lowest BCUT2D eigenvalue weighted by Crippen LogP contribution is -2.41. The minimum absolute atomic E-state index is 0.174. The van der Waals surface area contributed by atoms with Gasteiger partial charge in [-0.25, -0.2) is 0 Å². The fourth-order valence-electron chi connectivity index (χ4n) is 2.29. The second-order valence-electron chi connectivity index (χ2n) is 5.41. The Morgan fingerprint density at radius 2 is 1.83 bits per heavy atom. The molecule has 0 bridgehead atoms. The van der Waals surface area contributed by atoms with Crippen molar-refractivity contribution < 1.29 is 9.59 Å². The highest BCUT2D eigenvalue weighted by molar-refractivity contribution is 7.21. The van der Waals surface area contributed by atoms with E-state index < -0.39 is 0 Å². The molecule has 0 saturated heterocycles. The summed E-state index contributed by atoms with van der Waals surface area (Å²) >= 11 is 7.55. The highest BCUT2D eigenvalue weighted by Gasteiger charge is 2.17. The Labute approximate surface area is 145 Å². The van der Waals surface area contributed by atoms with Gasteiger partial charge in [0.25, 0.3) is 5.91 Å². The molecule has 0 unspecified atom stereocenters. The molecular formula is C17H21ClN2O2S. The van der Waals surface area contributed by atoms with Gasteiger partial charge < -0.3 is 0 Å². The van der Waals surface area contributed by atoms with Gasteiger partial charge in [0, 0.05) is 16.5 Å². The topological polar surface area (TPSA) is 58.2 Å². The summed E-state index contributed by atoms with van der Waals surface area (Å²) in [5.74, 6) is -0.553. The maximum absolute atomic E-state index is 12.2. The summed E-state index contributed by atoms with van der Waals surface area (Å²) in [6.45, 7) is 2.15. The molecule has 1 aromatic carbocycles. The van der Waals surface area contributed by atoms with Crippen molar-refractivity contribution in [3.8, 4) is 0 Å². The second kappa shape index (κ2) is 8.89. The van der Waals surface area contributed by atoms with Gasteiger partial charge in [0.15, 0.2) is 0 Å². The van der Waals surface area contributed by atoms with Crippen LogP contribution < -0.4 is 10.9 Å². The largest absolute Gasteiger partial charge is 0.281 e. The Morgan fingerprint density at radius 3 is 2.57 bits per heavy atom. The van der Waals surface area contributed by atoms with E-state index >= 15 is 0 Å². The Hall–Kier alpha value is -1.59. The molecule has 4 nitrogen and oxygen atoms in total. The molecule has 2 amide bonds. The quantitative estimate of drug-likeness (QED) is 0.561. The normalized spacial score (nSPS) is 10.7. The number of thiophene rings is 1. The van der Waals surface area contributed by atoms with Crippen molar-refractivity contribution in [3.05, 3.63) is 34.2 Å². The summed E-state index contributed by atoms with van der Waals surface area (Å²) in [6.07, 6.45) is 5.82. The first-order valence-corrected chi connectivity index (χ1v) is 9.09. The smallest absolute Gasteiger partial charge is 0.273 e. The number of hydrogen-bond donors (Lipinski definition) is 2. The van der Waals surface area contributed by atoms with Crippen LogP contribution in [0.5, 0.6) is 0 Å². The van der Waals surface area contributed by atoms with Crippen LogP contribution in [0.2, 0.25) is 5.02 Å². The molecule has 124 valence electrons. The van der Waals surface area contributed by atoms with Gasteiger partial charge >= 0.3 is 0 Å². The van der Waals surface area contributed by atoms with E-state index in [1.54, 1.807) is 0 Å². The minimum Gasteiger partial charge on any atom is -0.273 e. The molecular weight excluding hydrogens is 332 g/mol. The van der Waals surface area contributed by atoms with Crippen LogP contribution in [0.15, 0.2) is 24.3 Å². The van der Waals surface area contributed by atoms with E-state index in [-0.39, 0.29) is 11.8 Å². The Balaban J connectivity index is 1.82. The maximum atomic E-state index is 12.2. The molecule has 0 radical (unpaired) electrons. The number of carbonyl (C=O) groups is 2. The van der Waals surface area contributed by atoms with Gasteiger partial charge in [0.1, 0.15) is 4.88 Å². The monoisotopic (exact) mass is 352 g/mol. The van der Waals surface area contributed by atoms with Crippen LogP contribution in [0.1, 0.15) is 55.1 Å². The van der Waals surface area contributed by atoms with Crippen molar-refractivity contribution in [2.75, 3.05) is 0 Å². The maximum Gasteiger partial charge on any atom is 0.281 e. The van der Waals surface area contributed by atoms with Gasteiger partial charge in [-0.15, -0.1) is 11.3 Å². The van der Waals surface area contributed by atoms with E-state index in [4.69, 9.17) is 11.6 Å². The van der Waals surface area contributed by atoms with Crippen molar-refractivity contribution in [2.45, 2.75) is 45.4 Å². The van der Waals surface area contributed by atoms with Gasteiger partial charge in [-0.2, -0.15) is 0 Å². The van der Waals surface area contributed by atoms with Crippen molar-refractivity contribution >= 4 is 44.8 Å². The molecule has 0 aliphatic carbocycles. The highest BCUT2D eigenvalue weighted by atomic mass is 35.5. The number of halogens is 1. The molecule has 1 aromatic heterocycles. The third-order valence-electron chi connectivity index (χ3n) is 3.56. The van der Waals surface area contributed by atoms with Gasteiger partial charge in [-0.3, -0.25) is 20.4 Å². The van der Waals surface area contributed by atoms with Gasteiger partial charge in [-0.05, 0) is 12.5 Å². The molecule has 23 heavy (non-hydrogen) atoms. The first-order valence-electron chi connectivity index (χ1n) is 7.89. The fourth-order valence-corrected chi connectivity index (χ4v) is 3.71. The van der Waals surface area contributed by atoms with Crippen molar-refractivity contribution in [1.29, 1.82) is 0 Å². The summed E-state index contributed by atoms with van der Waals surface area (Å²) < 4.78 is 0.949. The van der Waals surface area contributed by atoms with Crippen LogP contribution in [-0.2, 0) is 4.79 Å². The molecule has 0 aliphatic heterocycles. The lowest BCUT2D eigenvalue weighted by atomic mass is 10.1. The average Bonchev–Trinajstić information content (AvgIpc) is 2.90. The molecule has 1 heterocycles. The lowest BCUT2D eigenvalue weighted by Gasteiger charge is -2.06. The number of nitrogens with one attached hydrogen (secondary N) is 2. The van der Waals surface area contributed by atoms with Crippen LogP contribution in [0.3, 0.4) is 0 Å². The van der Waals surface area contributed by atoms with E-state index in [0.29, 0.717) is 16.3 Å². The minimum atomic E-state index is -0.379. The summed E-state index contributed by atoms with van der Waals surface area (Å²) in [5, 5.41) is 1.28. The van der Waals surface area contributed by atoms with Gasteiger partial charge in [0.05, 0.1) is 5.02 Å². The summed E-state index contributed by atoms with van der Waals surface area (Å²) in [6, 6.07) is 7.57. The summed E-state index contributed by atoms with van der Waals surface area (Å²) in [7, 11) is 0.